The summed E-state index contributed by atoms with van der Waals surface area (Å²) in [6.45, 7) is 4.93. The third kappa shape index (κ3) is 63.8. The Morgan fingerprint density at radius 3 is 0.872 bits per heavy atom. The Labute approximate surface area is 489 Å². The van der Waals surface area contributed by atoms with Gasteiger partial charge in [-0.1, -0.05) is 379 Å². The molecule has 0 heterocycles. The van der Waals surface area contributed by atoms with E-state index < -0.39 is 12.1 Å². The molecule has 0 saturated carbocycles. The summed E-state index contributed by atoms with van der Waals surface area (Å²) < 4.78 is 5.51. The molecule has 2 unspecified atom stereocenters. The smallest absolute Gasteiger partial charge is 0.305 e. The van der Waals surface area contributed by atoms with E-state index in [-0.39, 0.29) is 18.5 Å². The molecule has 0 rings (SSSR count). The van der Waals surface area contributed by atoms with Gasteiger partial charge in [0.05, 0.1) is 25.4 Å². The number of amides is 1. The van der Waals surface area contributed by atoms with E-state index >= 15 is 0 Å². The number of esters is 1. The number of nitrogens with one attached hydrogen (secondary N) is 1. The van der Waals surface area contributed by atoms with Gasteiger partial charge in [0.15, 0.2) is 0 Å². The van der Waals surface area contributed by atoms with E-state index in [0.29, 0.717) is 19.4 Å². The standard InChI is InChI=1S/C72H141NO5/c1-3-5-7-9-11-13-15-16-17-35-39-42-46-50-54-58-62-66-72(77)78-67-63-59-55-51-47-43-40-37-34-32-30-28-26-24-22-20-18-19-21-23-25-27-29-31-33-36-38-41-45-49-53-57-61-65-71(76)73-69(68-74)70(75)64-60-56-52-48-44-14-12-10-8-6-4-2/h60,64,69-70,74-75H,3-59,61-63,65-68H2,1-2H3,(H,73,76)/b64-60+. The Bertz CT molecular complexity index is 1180. The molecule has 0 aromatic carbocycles. The molecule has 0 spiro atoms. The lowest BCUT2D eigenvalue weighted by Gasteiger charge is -2.20. The van der Waals surface area contributed by atoms with Gasteiger partial charge in [0.25, 0.3) is 0 Å². The van der Waals surface area contributed by atoms with Crippen LogP contribution in [0, 0.1) is 0 Å². The van der Waals surface area contributed by atoms with E-state index in [0.717, 1.165) is 38.5 Å². The molecule has 464 valence electrons. The van der Waals surface area contributed by atoms with Crippen LogP contribution >= 0.6 is 0 Å². The van der Waals surface area contributed by atoms with Crippen molar-refractivity contribution < 1.29 is 24.5 Å². The molecule has 0 radical (unpaired) electrons. The minimum absolute atomic E-state index is 0.0263. The van der Waals surface area contributed by atoms with Crippen LogP contribution in [-0.2, 0) is 14.3 Å². The molecule has 0 fully saturated rings. The van der Waals surface area contributed by atoms with Crippen molar-refractivity contribution in [2.24, 2.45) is 0 Å². The SMILES string of the molecule is CCCCCCCCCCC/C=C/C(O)C(CO)NC(=O)CCCCCCCCCCCCCCCCCCCCCCCCCCCCCCCCCCCOC(=O)CCCCCCCCCCCCCCCCCCC. The van der Waals surface area contributed by atoms with Gasteiger partial charge in [-0.2, -0.15) is 0 Å². The molecule has 0 aliphatic rings. The summed E-state index contributed by atoms with van der Waals surface area (Å²) in [6, 6.07) is -0.622. The Balaban J connectivity index is 3.28. The summed E-state index contributed by atoms with van der Waals surface area (Å²) in [6.07, 6.45) is 84.6. The quantitative estimate of drug-likeness (QED) is 0.0320. The van der Waals surface area contributed by atoms with Crippen LogP contribution in [-0.4, -0.2) is 47.4 Å². The van der Waals surface area contributed by atoms with Gasteiger partial charge in [-0.15, -0.1) is 0 Å². The molecular weight excluding hydrogens is 959 g/mol. The first-order valence-electron chi connectivity index (χ1n) is 36.0. The monoisotopic (exact) mass is 1100 g/mol. The molecule has 0 saturated heterocycles. The Morgan fingerprint density at radius 2 is 0.590 bits per heavy atom. The summed E-state index contributed by atoms with van der Waals surface area (Å²) in [5, 5.41) is 23.1. The highest BCUT2D eigenvalue weighted by Crippen LogP contribution is 2.19. The first-order valence-corrected chi connectivity index (χ1v) is 36.0. The molecule has 0 aliphatic heterocycles. The van der Waals surface area contributed by atoms with Gasteiger partial charge in [0.1, 0.15) is 0 Å². The van der Waals surface area contributed by atoms with Crippen molar-refractivity contribution >= 4 is 11.9 Å². The zero-order valence-electron chi connectivity index (χ0n) is 53.2. The second kappa shape index (κ2) is 68.1. The zero-order chi connectivity index (χ0) is 56.4. The maximum absolute atomic E-state index is 12.4. The van der Waals surface area contributed by atoms with Crippen LogP contribution in [0.4, 0.5) is 0 Å². The lowest BCUT2D eigenvalue weighted by molar-refractivity contribution is -0.143. The first-order chi connectivity index (χ1) is 38.5. The van der Waals surface area contributed by atoms with Crippen LogP contribution in [0.3, 0.4) is 0 Å². The van der Waals surface area contributed by atoms with E-state index in [9.17, 15) is 19.8 Å². The van der Waals surface area contributed by atoms with Gasteiger partial charge in [0.2, 0.25) is 5.91 Å². The molecule has 0 aromatic rings. The number of allylic oxidation sites excluding steroid dienone is 1. The van der Waals surface area contributed by atoms with Crippen LogP contribution < -0.4 is 5.32 Å². The highest BCUT2D eigenvalue weighted by atomic mass is 16.5. The molecule has 2 atom stereocenters. The van der Waals surface area contributed by atoms with Crippen molar-refractivity contribution in [2.45, 2.75) is 424 Å². The second-order valence-electron chi connectivity index (χ2n) is 24.9. The van der Waals surface area contributed by atoms with Crippen LogP contribution in [0.15, 0.2) is 12.2 Å². The molecule has 0 aromatic heterocycles. The summed E-state index contributed by atoms with van der Waals surface area (Å²) >= 11 is 0. The van der Waals surface area contributed by atoms with Crippen molar-refractivity contribution in [2.75, 3.05) is 13.2 Å². The molecule has 78 heavy (non-hydrogen) atoms. The number of carbonyl (C=O) groups is 2. The minimum Gasteiger partial charge on any atom is -0.466 e. The summed E-state index contributed by atoms with van der Waals surface area (Å²) in [5.41, 5.74) is 0. The largest absolute Gasteiger partial charge is 0.466 e. The topological polar surface area (TPSA) is 95.9 Å². The van der Waals surface area contributed by atoms with Gasteiger partial charge in [0, 0.05) is 12.8 Å². The molecule has 1 amide bonds. The van der Waals surface area contributed by atoms with Crippen LogP contribution in [0.1, 0.15) is 412 Å². The summed E-state index contributed by atoms with van der Waals surface area (Å²) in [7, 11) is 0. The van der Waals surface area contributed by atoms with Crippen LogP contribution in [0.5, 0.6) is 0 Å². The lowest BCUT2D eigenvalue weighted by Crippen LogP contribution is -2.45. The van der Waals surface area contributed by atoms with Crippen LogP contribution in [0.25, 0.3) is 0 Å². The van der Waals surface area contributed by atoms with Crippen molar-refractivity contribution in [3.05, 3.63) is 12.2 Å². The van der Waals surface area contributed by atoms with Crippen molar-refractivity contribution in [3.63, 3.8) is 0 Å². The molecule has 3 N–H and O–H groups in total. The Kier molecular flexibility index (Phi) is 66.9. The summed E-state index contributed by atoms with van der Waals surface area (Å²) in [5.74, 6) is -0.0360. The minimum atomic E-state index is -0.839. The highest BCUT2D eigenvalue weighted by Gasteiger charge is 2.18. The first kappa shape index (κ1) is 76.6. The third-order valence-corrected chi connectivity index (χ3v) is 17.1. The fourth-order valence-electron chi connectivity index (χ4n) is 11.6. The van der Waals surface area contributed by atoms with Gasteiger partial charge in [-0.05, 0) is 32.1 Å². The van der Waals surface area contributed by atoms with E-state index in [1.807, 2.05) is 6.08 Å². The van der Waals surface area contributed by atoms with Crippen molar-refractivity contribution in [3.8, 4) is 0 Å². The van der Waals surface area contributed by atoms with E-state index in [1.165, 1.54) is 347 Å². The molecule has 6 heteroatoms. The fourth-order valence-corrected chi connectivity index (χ4v) is 11.6. The normalized spacial score (nSPS) is 12.5. The summed E-state index contributed by atoms with van der Waals surface area (Å²) in [4.78, 5) is 24.5. The Hall–Kier alpha value is -1.40. The maximum atomic E-state index is 12.4. The number of hydrogen-bond donors (Lipinski definition) is 3. The predicted octanol–water partition coefficient (Wildman–Crippen LogP) is 23.1. The maximum Gasteiger partial charge on any atom is 0.305 e. The van der Waals surface area contributed by atoms with E-state index in [2.05, 4.69) is 19.2 Å². The number of carbonyl (C=O) groups excluding carboxylic acids is 2. The van der Waals surface area contributed by atoms with Gasteiger partial charge < -0.3 is 20.3 Å². The van der Waals surface area contributed by atoms with Crippen LogP contribution in [0.2, 0.25) is 0 Å². The number of hydrogen-bond acceptors (Lipinski definition) is 5. The number of aliphatic hydroxyl groups excluding tert-OH is 2. The number of ether oxygens (including phenoxy) is 1. The average molecular weight is 1100 g/mol. The molecule has 0 aliphatic carbocycles. The zero-order valence-corrected chi connectivity index (χ0v) is 53.2. The average Bonchev–Trinajstić information content (AvgIpc) is 3.44. The molecule has 6 nitrogen and oxygen atoms in total. The van der Waals surface area contributed by atoms with E-state index in [1.54, 1.807) is 6.08 Å². The number of aliphatic hydroxyl groups is 2. The number of rotatable bonds is 68. The van der Waals surface area contributed by atoms with E-state index in [4.69, 9.17) is 4.74 Å². The van der Waals surface area contributed by atoms with Gasteiger partial charge in [-0.25, -0.2) is 0 Å². The van der Waals surface area contributed by atoms with Crippen molar-refractivity contribution in [1.29, 1.82) is 0 Å². The fraction of sp³-hybridized carbons (Fsp3) is 0.944. The molecular formula is C72H141NO5. The Morgan fingerprint density at radius 1 is 0.346 bits per heavy atom. The van der Waals surface area contributed by atoms with Gasteiger partial charge in [-0.3, -0.25) is 9.59 Å². The number of unbranched alkanes of at least 4 members (excludes halogenated alkanes) is 57. The highest BCUT2D eigenvalue weighted by molar-refractivity contribution is 5.76. The predicted molar refractivity (Wildman–Crippen MR) is 343 cm³/mol. The lowest BCUT2D eigenvalue weighted by atomic mass is 10.0. The molecule has 0 bridgehead atoms. The van der Waals surface area contributed by atoms with Crippen molar-refractivity contribution in [1.82, 2.24) is 5.32 Å². The second-order valence-corrected chi connectivity index (χ2v) is 24.9. The van der Waals surface area contributed by atoms with Gasteiger partial charge >= 0.3 is 5.97 Å². The third-order valence-electron chi connectivity index (χ3n) is 17.1.